The summed E-state index contributed by atoms with van der Waals surface area (Å²) in [6, 6.07) is 0. The summed E-state index contributed by atoms with van der Waals surface area (Å²) in [6.07, 6.45) is 1.96. The van der Waals surface area contributed by atoms with E-state index in [1.54, 1.807) is 0 Å². The molecule has 0 heterocycles. The van der Waals surface area contributed by atoms with E-state index < -0.39 is 5.92 Å². The van der Waals surface area contributed by atoms with Crippen LogP contribution in [0.5, 0.6) is 0 Å². The maximum atomic E-state index is 13.0. The number of amides is 1. The Morgan fingerprint density at radius 1 is 1.44 bits per heavy atom. The van der Waals surface area contributed by atoms with Crippen LogP contribution in [0.1, 0.15) is 52.4 Å². The Morgan fingerprint density at radius 3 is 2.44 bits per heavy atom. The van der Waals surface area contributed by atoms with Gasteiger partial charge in [-0.2, -0.15) is 0 Å². The second-order valence-electron chi connectivity index (χ2n) is 5.47. The Kier molecular flexibility index (Phi) is 5.56. The van der Waals surface area contributed by atoms with Gasteiger partial charge in [0.15, 0.2) is 0 Å². The first-order valence-electron chi connectivity index (χ1n) is 6.58. The molecule has 0 spiro atoms. The highest BCUT2D eigenvalue weighted by Crippen LogP contribution is 2.36. The zero-order chi connectivity index (χ0) is 13.8. The first kappa shape index (κ1) is 15.9. The number of hydrogen-bond donors (Lipinski definition) is 1. The fraction of sp³-hybridized carbons (Fsp3) is 0.923. The summed E-state index contributed by atoms with van der Waals surface area (Å²) in [7, 11) is 0. The van der Waals surface area contributed by atoms with Crippen molar-refractivity contribution in [3.63, 3.8) is 0 Å². The molecule has 1 aliphatic carbocycles. The van der Waals surface area contributed by atoms with E-state index in [0.29, 0.717) is 12.8 Å². The molecule has 0 aliphatic heterocycles. The fourth-order valence-corrected chi connectivity index (χ4v) is 3.11. The van der Waals surface area contributed by atoms with E-state index in [4.69, 9.17) is 0 Å². The van der Waals surface area contributed by atoms with Gasteiger partial charge in [0.25, 0.3) is 0 Å². The molecular weight excluding hydrogens is 304 g/mol. The number of rotatable bonds is 5. The van der Waals surface area contributed by atoms with Gasteiger partial charge in [-0.1, -0.05) is 22.9 Å². The molecule has 2 nitrogen and oxygen atoms in total. The van der Waals surface area contributed by atoms with Crippen LogP contribution in [0, 0.1) is 5.92 Å². The summed E-state index contributed by atoms with van der Waals surface area (Å²) in [5, 5.41) is 3.85. The Hall–Kier alpha value is -0.190. The molecule has 18 heavy (non-hydrogen) atoms. The standard InChI is InChI=1S/C13H22BrF2NO/c1-3-12(2,8-9-14)17-11(18)10-4-6-13(15,16)7-5-10/h10H,3-9H2,1-2H3,(H,17,18). The third-order valence-electron chi connectivity index (χ3n) is 3.94. The van der Waals surface area contributed by atoms with Crippen molar-refractivity contribution >= 4 is 21.8 Å². The van der Waals surface area contributed by atoms with Crippen molar-refractivity contribution in [3.05, 3.63) is 0 Å². The van der Waals surface area contributed by atoms with Gasteiger partial charge in [0.05, 0.1) is 0 Å². The van der Waals surface area contributed by atoms with Gasteiger partial charge in [-0.25, -0.2) is 8.78 Å². The Morgan fingerprint density at radius 2 is 2.00 bits per heavy atom. The molecular formula is C13H22BrF2NO. The molecule has 1 rings (SSSR count). The van der Waals surface area contributed by atoms with Gasteiger partial charge in [0.1, 0.15) is 0 Å². The van der Waals surface area contributed by atoms with E-state index in [-0.39, 0.29) is 30.2 Å². The molecule has 1 aliphatic rings. The van der Waals surface area contributed by atoms with Gasteiger partial charge in [0.2, 0.25) is 11.8 Å². The molecule has 0 aromatic carbocycles. The number of hydrogen-bond acceptors (Lipinski definition) is 1. The molecule has 5 heteroatoms. The van der Waals surface area contributed by atoms with Crippen LogP contribution >= 0.6 is 15.9 Å². The zero-order valence-electron chi connectivity index (χ0n) is 11.1. The molecule has 0 aromatic rings. The van der Waals surface area contributed by atoms with Crippen molar-refractivity contribution in [2.75, 3.05) is 5.33 Å². The predicted octanol–water partition coefficient (Wildman–Crippen LogP) is 3.88. The van der Waals surface area contributed by atoms with Gasteiger partial charge < -0.3 is 5.32 Å². The van der Waals surface area contributed by atoms with Gasteiger partial charge in [-0.3, -0.25) is 4.79 Å². The third kappa shape index (κ3) is 4.48. The molecule has 1 fully saturated rings. The lowest BCUT2D eigenvalue weighted by Gasteiger charge is -2.33. The lowest BCUT2D eigenvalue weighted by atomic mass is 9.85. The maximum absolute atomic E-state index is 13.0. The number of carbonyl (C=O) groups excluding carboxylic acids is 1. The summed E-state index contributed by atoms with van der Waals surface area (Å²) in [4.78, 5) is 12.1. The van der Waals surface area contributed by atoms with Crippen LogP contribution in [0.2, 0.25) is 0 Å². The van der Waals surface area contributed by atoms with Gasteiger partial charge in [-0.15, -0.1) is 0 Å². The molecule has 1 unspecified atom stereocenters. The number of alkyl halides is 3. The summed E-state index contributed by atoms with van der Waals surface area (Å²) < 4.78 is 26.1. The monoisotopic (exact) mass is 325 g/mol. The average molecular weight is 326 g/mol. The van der Waals surface area contributed by atoms with Gasteiger partial charge >= 0.3 is 0 Å². The first-order valence-corrected chi connectivity index (χ1v) is 7.70. The molecule has 106 valence electrons. The van der Waals surface area contributed by atoms with Crippen LogP contribution in [-0.2, 0) is 4.79 Å². The third-order valence-corrected chi connectivity index (χ3v) is 4.34. The van der Waals surface area contributed by atoms with E-state index in [2.05, 4.69) is 21.2 Å². The van der Waals surface area contributed by atoms with Crippen LogP contribution in [0.4, 0.5) is 8.78 Å². The lowest BCUT2D eigenvalue weighted by molar-refractivity contribution is -0.131. The molecule has 0 bridgehead atoms. The molecule has 1 N–H and O–H groups in total. The first-order chi connectivity index (χ1) is 8.32. The molecule has 1 amide bonds. The van der Waals surface area contributed by atoms with E-state index in [1.807, 2.05) is 13.8 Å². The SMILES string of the molecule is CCC(C)(CCBr)NC(=O)C1CCC(F)(F)CC1. The van der Waals surface area contributed by atoms with E-state index in [9.17, 15) is 13.6 Å². The summed E-state index contributed by atoms with van der Waals surface area (Å²) in [6.45, 7) is 4.03. The predicted molar refractivity (Wildman–Crippen MR) is 72.2 cm³/mol. The molecule has 0 saturated heterocycles. The lowest BCUT2D eigenvalue weighted by Crippen LogP contribution is -2.49. The van der Waals surface area contributed by atoms with Crippen LogP contribution in [-0.4, -0.2) is 22.7 Å². The Balaban J connectivity index is 2.50. The smallest absolute Gasteiger partial charge is 0.248 e. The summed E-state index contributed by atoms with van der Waals surface area (Å²) in [5.41, 5.74) is -0.236. The zero-order valence-corrected chi connectivity index (χ0v) is 12.7. The molecule has 1 atom stereocenters. The van der Waals surface area contributed by atoms with Gasteiger partial charge in [0, 0.05) is 29.6 Å². The Bertz CT molecular complexity index is 289. The van der Waals surface area contributed by atoms with E-state index in [0.717, 1.165) is 18.2 Å². The van der Waals surface area contributed by atoms with Crippen LogP contribution < -0.4 is 5.32 Å². The van der Waals surface area contributed by atoms with E-state index >= 15 is 0 Å². The van der Waals surface area contributed by atoms with Crippen LogP contribution in [0.15, 0.2) is 0 Å². The fourth-order valence-electron chi connectivity index (χ4n) is 2.24. The van der Waals surface area contributed by atoms with Crippen LogP contribution in [0.25, 0.3) is 0 Å². The van der Waals surface area contributed by atoms with Gasteiger partial charge in [-0.05, 0) is 32.6 Å². The highest BCUT2D eigenvalue weighted by Gasteiger charge is 2.38. The van der Waals surface area contributed by atoms with Crippen LogP contribution in [0.3, 0.4) is 0 Å². The molecule has 0 aromatic heterocycles. The quantitative estimate of drug-likeness (QED) is 0.763. The van der Waals surface area contributed by atoms with Crippen molar-refractivity contribution in [2.24, 2.45) is 5.92 Å². The van der Waals surface area contributed by atoms with Crippen molar-refractivity contribution in [1.29, 1.82) is 0 Å². The van der Waals surface area contributed by atoms with Crippen molar-refractivity contribution in [3.8, 4) is 0 Å². The minimum Gasteiger partial charge on any atom is -0.351 e. The molecule has 1 saturated carbocycles. The number of nitrogens with one attached hydrogen (secondary N) is 1. The second-order valence-corrected chi connectivity index (χ2v) is 6.27. The maximum Gasteiger partial charge on any atom is 0.248 e. The highest BCUT2D eigenvalue weighted by atomic mass is 79.9. The van der Waals surface area contributed by atoms with Crippen molar-refractivity contribution in [2.45, 2.75) is 63.8 Å². The van der Waals surface area contributed by atoms with E-state index in [1.165, 1.54) is 0 Å². The average Bonchev–Trinajstić information content (AvgIpc) is 2.29. The topological polar surface area (TPSA) is 29.1 Å². The van der Waals surface area contributed by atoms with Crippen molar-refractivity contribution < 1.29 is 13.6 Å². The second kappa shape index (κ2) is 6.31. The number of carbonyl (C=O) groups is 1. The molecule has 0 radical (unpaired) electrons. The Labute approximate surface area is 116 Å². The highest BCUT2D eigenvalue weighted by molar-refractivity contribution is 9.09. The normalized spacial score (nSPS) is 23.4. The van der Waals surface area contributed by atoms with Crippen molar-refractivity contribution in [1.82, 2.24) is 5.32 Å². The summed E-state index contributed by atoms with van der Waals surface area (Å²) >= 11 is 3.38. The minimum atomic E-state index is -2.57. The minimum absolute atomic E-state index is 0.0594. The summed E-state index contributed by atoms with van der Waals surface area (Å²) in [5.74, 6) is -2.87. The largest absolute Gasteiger partial charge is 0.351 e. The number of halogens is 3.